The Hall–Kier alpha value is -2.93. The highest BCUT2D eigenvalue weighted by Gasteiger charge is 2.09. The number of nitrogens with one attached hydrogen (secondary N) is 3. The number of benzene rings is 2. The second kappa shape index (κ2) is 12.5. The van der Waals surface area contributed by atoms with Crippen LogP contribution in [0.1, 0.15) is 48.5 Å². The van der Waals surface area contributed by atoms with Crippen LogP contribution in [0.2, 0.25) is 0 Å². The van der Waals surface area contributed by atoms with Gasteiger partial charge in [0, 0.05) is 5.56 Å². The van der Waals surface area contributed by atoms with E-state index in [-0.39, 0.29) is 23.3 Å². The largest absolute Gasteiger partial charge is 0.494 e. The van der Waals surface area contributed by atoms with E-state index in [0.29, 0.717) is 12.2 Å². The molecule has 0 unspecified atom stereocenters. The molecule has 0 aromatic heterocycles. The molecule has 0 radical (unpaired) electrons. The second-order valence-corrected chi connectivity index (χ2v) is 6.96. The summed E-state index contributed by atoms with van der Waals surface area (Å²) in [7, 11) is 0. The highest BCUT2D eigenvalue weighted by atomic mass is 32.1. The van der Waals surface area contributed by atoms with E-state index in [0.717, 1.165) is 24.2 Å². The van der Waals surface area contributed by atoms with Crippen LogP contribution in [0.3, 0.4) is 0 Å². The number of unbranched alkanes of at least 4 members (excludes halogenated alkanes) is 3. The third kappa shape index (κ3) is 8.74. The summed E-state index contributed by atoms with van der Waals surface area (Å²) in [5, 5.41) is 2.55. The van der Waals surface area contributed by atoms with E-state index >= 15 is 0 Å². The number of hydrogen-bond donors (Lipinski definition) is 3. The molecule has 7 heteroatoms. The van der Waals surface area contributed by atoms with Crippen LogP contribution in [0, 0.1) is 0 Å². The third-order valence-electron chi connectivity index (χ3n) is 4.13. The van der Waals surface area contributed by atoms with Gasteiger partial charge >= 0.3 is 0 Å². The fourth-order valence-electron chi connectivity index (χ4n) is 2.58. The molecule has 0 aliphatic heterocycles. The van der Waals surface area contributed by atoms with Crippen molar-refractivity contribution in [2.45, 2.75) is 39.0 Å². The molecule has 2 aromatic rings. The first-order valence-electron chi connectivity index (χ1n) is 9.75. The molecule has 0 saturated carbocycles. The molecule has 2 rings (SSSR count). The summed E-state index contributed by atoms with van der Waals surface area (Å²) in [6.45, 7) is 2.84. The van der Waals surface area contributed by atoms with Gasteiger partial charge in [-0.1, -0.05) is 56.5 Å². The number of carbonyl (C=O) groups is 2. The first-order valence-corrected chi connectivity index (χ1v) is 10.2. The maximum atomic E-state index is 12.2. The van der Waals surface area contributed by atoms with Crippen LogP contribution < -0.4 is 20.9 Å². The van der Waals surface area contributed by atoms with E-state index in [2.05, 4.69) is 23.1 Å². The second-order valence-electron chi connectivity index (χ2n) is 6.55. The molecule has 0 aliphatic rings. The molecule has 3 N–H and O–H groups in total. The van der Waals surface area contributed by atoms with Crippen LogP contribution in [0.15, 0.2) is 54.6 Å². The lowest BCUT2D eigenvalue weighted by Crippen LogP contribution is -2.48. The zero-order valence-electron chi connectivity index (χ0n) is 16.6. The Morgan fingerprint density at radius 2 is 1.66 bits per heavy atom. The number of rotatable bonds is 9. The zero-order chi connectivity index (χ0) is 20.9. The molecule has 0 bridgehead atoms. The Kier molecular flexibility index (Phi) is 9.65. The predicted octanol–water partition coefficient (Wildman–Crippen LogP) is 3.52. The lowest BCUT2D eigenvalue weighted by molar-refractivity contribution is -0.121. The maximum absolute atomic E-state index is 12.2. The van der Waals surface area contributed by atoms with Gasteiger partial charge in [-0.3, -0.25) is 25.8 Å². The maximum Gasteiger partial charge on any atom is 0.257 e. The average Bonchev–Trinajstić information content (AvgIpc) is 2.73. The lowest BCUT2D eigenvalue weighted by Gasteiger charge is -2.11. The van der Waals surface area contributed by atoms with Crippen LogP contribution in [0.4, 0.5) is 0 Å². The molecule has 0 aliphatic carbocycles. The van der Waals surface area contributed by atoms with E-state index in [1.165, 1.54) is 12.8 Å². The lowest BCUT2D eigenvalue weighted by atomic mass is 10.1. The Labute approximate surface area is 177 Å². The summed E-state index contributed by atoms with van der Waals surface area (Å²) >= 11 is 5.05. The molecule has 0 heterocycles. The van der Waals surface area contributed by atoms with Crippen molar-refractivity contribution >= 4 is 29.1 Å². The van der Waals surface area contributed by atoms with Crippen LogP contribution >= 0.6 is 12.2 Å². The highest BCUT2D eigenvalue weighted by Crippen LogP contribution is 2.13. The summed E-state index contributed by atoms with van der Waals surface area (Å²) in [5.41, 5.74) is 6.34. The minimum absolute atomic E-state index is 0.0210. The van der Waals surface area contributed by atoms with Gasteiger partial charge in [-0.15, -0.1) is 0 Å². The average molecular weight is 414 g/mol. The Morgan fingerprint density at radius 3 is 2.34 bits per heavy atom. The third-order valence-corrected chi connectivity index (χ3v) is 4.34. The topological polar surface area (TPSA) is 79.5 Å². The molecule has 0 saturated heterocycles. The van der Waals surface area contributed by atoms with Crippen molar-refractivity contribution in [1.82, 2.24) is 16.2 Å². The smallest absolute Gasteiger partial charge is 0.257 e. The predicted molar refractivity (Wildman–Crippen MR) is 118 cm³/mol. The van der Waals surface area contributed by atoms with Crippen molar-refractivity contribution in [3.8, 4) is 5.75 Å². The monoisotopic (exact) mass is 413 g/mol. The van der Waals surface area contributed by atoms with Crippen LogP contribution in [-0.4, -0.2) is 23.5 Å². The van der Waals surface area contributed by atoms with Gasteiger partial charge in [0.05, 0.1) is 13.0 Å². The van der Waals surface area contributed by atoms with E-state index in [4.69, 9.17) is 17.0 Å². The van der Waals surface area contributed by atoms with Crippen molar-refractivity contribution in [3.05, 3.63) is 65.7 Å². The summed E-state index contributed by atoms with van der Waals surface area (Å²) in [6.07, 6.45) is 4.79. The summed E-state index contributed by atoms with van der Waals surface area (Å²) in [4.78, 5) is 24.1. The van der Waals surface area contributed by atoms with Gasteiger partial charge in [-0.05, 0) is 48.5 Å². The highest BCUT2D eigenvalue weighted by molar-refractivity contribution is 7.80. The molecule has 29 heavy (non-hydrogen) atoms. The van der Waals surface area contributed by atoms with Crippen LogP contribution in [0.5, 0.6) is 5.75 Å². The van der Waals surface area contributed by atoms with Gasteiger partial charge in [0.2, 0.25) is 5.91 Å². The number of amides is 2. The van der Waals surface area contributed by atoms with E-state index in [1.54, 1.807) is 24.3 Å². The molecular formula is C22H27N3O3S. The quantitative estimate of drug-likeness (QED) is 0.333. The zero-order valence-corrected chi connectivity index (χ0v) is 17.4. The molecule has 154 valence electrons. The Morgan fingerprint density at radius 1 is 0.931 bits per heavy atom. The van der Waals surface area contributed by atoms with Gasteiger partial charge in [0.25, 0.3) is 5.91 Å². The summed E-state index contributed by atoms with van der Waals surface area (Å²) in [6, 6.07) is 16.2. The van der Waals surface area contributed by atoms with Crippen LogP contribution in [0.25, 0.3) is 0 Å². The fourth-order valence-corrected chi connectivity index (χ4v) is 2.72. The fraction of sp³-hybridized carbons (Fsp3) is 0.318. The first kappa shape index (κ1) is 22.4. The van der Waals surface area contributed by atoms with E-state index in [1.807, 2.05) is 30.3 Å². The Balaban J connectivity index is 1.70. The molecule has 0 atom stereocenters. The van der Waals surface area contributed by atoms with Gasteiger partial charge in [0.15, 0.2) is 5.11 Å². The number of hydrazine groups is 1. The van der Waals surface area contributed by atoms with Crippen LogP contribution in [-0.2, 0) is 11.2 Å². The van der Waals surface area contributed by atoms with Crippen molar-refractivity contribution in [2.75, 3.05) is 6.61 Å². The number of thiocarbonyl (C=S) groups is 1. The molecular weight excluding hydrogens is 386 g/mol. The summed E-state index contributed by atoms with van der Waals surface area (Å²) < 4.78 is 5.66. The normalized spacial score (nSPS) is 10.1. The minimum Gasteiger partial charge on any atom is -0.494 e. The standard InChI is InChI=1S/C22H27N3O3S/c1-2-3-4-8-15-28-19-13-11-18(12-14-19)21(27)23-22(29)25-24-20(26)16-17-9-6-5-7-10-17/h5-7,9-14H,2-4,8,15-16H2,1H3,(H,24,26)(H2,23,25,27,29). The molecule has 6 nitrogen and oxygen atoms in total. The van der Waals surface area contributed by atoms with Gasteiger partial charge in [-0.25, -0.2) is 0 Å². The minimum atomic E-state index is -0.366. The Bertz CT molecular complexity index is 795. The SMILES string of the molecule is CCCCCCOc1ccc(C(=O)NC(=S)NNC(=O)Cc2ccccc2)cc1. The first-order chi connectivity index (χ1) is 14.1. The van der Waals surface area contributed by atoms with Gasteiger partial charge in [0.1, 0.15) is 5.75 Å². The molecule has 0 fully saturated rings. The number of carbonyl (C=O) groups excluding carboxylic acids is 2. The van der Waals surface area contributed by atoms with Gasteiger partial charge in [-0.2, -0.15) is 0 Å². The van der Waals surface area contributed by atoms with Crippen molar-refractivity contribution in [2.24, 2.45) is 0 Å². The number of hydrogen-bond acceptors (Lipinski definition) is 4. The molecule has 0 spiro atoms. The van der Waals surface area contributed by atoms with E-state index < -0.39 is 0 Å². The molecule has 2 aromatic carbocycles. The van der Waals surface area contributed by atoms with E-state index in [9.17, 15) is 9.59 Å². The van der Waals surface area contributed by atoms with Crippen molar-refractivity contribution in [3.63, 3.8) is 0 Å². The van der Waals surface area contributed by atoms with Gasteiger partial charge < -0.3 is 4.74 Å². The summed E-state index contributed by atoms with van der Waals surface area (Å²) in [5.74, 6) is 0.106. The van der Waals surface area contributed by atoms with Crippen molar-refractivity contribution in [1.29, 1.82) is 0 Å². The van der Waals surface area contributed by atoms with Crippen molar-refractivity contribution < 1.29 is 14.3 Å². The number of ether oxygens (including phenoxy) is 1. The molecule has 2 amide bonds.